The van der Waals surface area contributed by atoms with E-state index in [1.54, 1.807) is 0 Å². The first-order valence-electron chi connectivity index (χ1n) is 4.24. The number of aliphatic hydroxyl groups is 1. The predicted octanol–water partition coefficient (Wildman–Crippen LogP) is -0.765. The molecule has 0 aliphatic carbocycles. The van der Waals surface area contributed by atoms with Crippen molar-refractivity contribution >= 4 is 5.91 Å². The molecule has 0 aromatic carbocycles. The van der Waals surface area contributed by atoms with E-state index in [1.165, 1.54) is 6.92 Å². The van der Waals surface area contributed by atoms with Crippen molar-refractivity contribution in [1.29, 1.82) is 0 Å². The van der Waals surface area contributed by atoms with Gasteiger partial charge >= 0.3 is 0 Å². The van der Waals surface area contributed by atoms with Gasteiger partial charge in [0.15, 0.2) is 0 Å². The second kappa shape index (κ2) is 3.41. The predicted molar refractivity (Wildman–Crippen MR) is 45.7 cm³/mol. The van der Waals surface area contributed by atoms with E-state index in [1.807, 2.05) is 6.92 Å². The molecule has 1 fully saturated rings. The summed E-state index contributed by atoms with van der Waals surface area (Å²) in [5.41, 5.74) is -0.173. The largest absolute Gasteiger partial charge is 0.384 e. The van der Waals surface area contributed by atoms with E-state index < -0.39 is 6.10 Å². The zero-order chi connectivity index (χ0) is 9.19. The fourth-order valence-corrected chi connectivity index (χ4v) is 1.33. The Kier molecular flexibility index (Phi) is 2.69. The van der Waals surface area contributed by atoms with Crippen LogP contribution in [-0.2, 0) is 4.79 Å². The minimum atomic E-state index is -0.914. The molecule has 0 aromatic heterocycles. The van der Waals surface area contributed by atoms with Crippen LogP contribution >= 0.6 is 0 Å². The van der Waals surface area contributed by atoms with Gasteiger partial charge in [-0.3, -0.25) is 4.79 Å². The third kappa shape index (κ3) is 2.19. The second-order valence-corrected chi connectivity index (χ2v) is 3.65. The number of rotatable bonds is 2. The van der Waals surface area contributed by atoms with Crippen molar-refractivity contribution in [2.75, 3.05) is 13.1 Å². The Balaban J connectivity index is 2.44. The van der Waals surface area contributed by atoms with Crippen LogP contribution in [-0.4, -0.2) is 35.7 Å². The summed E-state index contributed by atoms with van der Waals surface area (Å²) in [7, 11) is 0. The molecule has 1 aliphatic rings. The van der Waals surface area contributed by atoms with Crippen LogP contribution in [0.1, 0.15) is 20.3 Å². The second-order valence-electron chi connectivity index (χ2n) is 3.65. The van der Waals surface area contributed by atoms with Gasteiger partial charge in [0, 0.05) is 6.54 Å². The van der Waals surface area contributed by atoms with Crippen LogP contribution < -0.4 is 10.6 Å². The molecule has 12 heavy (non-hydrogen) atoms. The number of hydrogen-bond acceptors (Lipinski definition) is 3. The van der Waals surface area contributed by atoms with E-state index >= 15 is 0 Å². The molecule has 70 valence electrons. The fourth-order valence-electron chi connectivity index (χ4n) is 1.33. The summed E-state index contributed by atoms with van der Waals surface area (Å²) in [6, 6.07) is 0. The normalized spacial score (nSPS) is 31.6. The smallest absolute Gasteiger partial charge is 0.249 e. The number of amides is 1. The van der Waals surface area contributed by atoms with Crippen molar-refractivity contribution in [3.05, 3.63) is 0 Å². The molecular weight excluding hydrogens is 156 g/mol. The van der Waals surface area contributed by atoms with E-state index in [9.17, 15) is 4.79 Å². The molecule has 2 unspecified atom stereocenters. The zero-order valence-electron chi connectivity index (χ0n) is 7.55. The molecule has 0 saturated carbocycles. The lowest BCUT2D eigenvalue weighted by Gasteiger charge is -2.25. The van der Waals surface area contributed by atoms with Crippen LogP contribution in [0.15, 0.2) is 0 Å². The highest BCUT2D eigenvalue weighted by Crippen LogP contribution is 2.12. The third-order valence-corrected chi connectivity index (χ3v) is 2.17. The monoisotopic (exact) mass is 172 g/mol. The summed E-state index contributed by atoms with van der Waals surface area (Å²) in [4.78, 5) is 11.1. The Hall–Kier alpha value is -0.610. The molecule has 1 heterocycles. The van der Waals surface area contributed by atoms with Gasteiger partial charge in [0.1, 0.15) is 6.10 Å². The van der Waals surface area contributed by atoms with Crippen LogP contribution in [0, 0.1) is 0 Å². The minimum absolute atomic E-state index is 0.173. The maximum Gasteiger partial charge on any atom is 0.249 e. The molecule has 1 aliphatic heterocycles. The third-order valence-electron chi connectivity index (χ3n) is 2.17. The lowest BCUT2D eigenvalue weighted by atomic mass is 10.0. The lowest BCUT2D eigenvalue weighted by molar-refractivity contribution is -0.130. The first-order chi connectivity index (χ1) is 5.53. The van der Waals surface area contributed by atoms with E-state index in [0.29, 0.717) is 0 Å². The van der Waals surface area contributed by atoms with Gasteiger partial charge < -0.3 is 15.7 Å². The number of nitrogens with one attached hydrogen (secondary N) is 2. The molecule has 3 N–H and O–H groups in total. The Bertz CT molecular complexity index is 174. The van der Waals surface area contributed by atoms with Gasteiger partial charge in [-0.25, -0.2) is 0 Å². The molecule has 0 spiro atoms. The van der Waals surface area contributed by atoms with Crippen molar-refractivity contribution in [3.63, 3.8) is 0 Å². The summed E-state index contributed by atoms with van der Waals surface area (Å²) in [5, 5.41) is 14.9. The molecule has 1 amide bonds. The Morgan fingerprint density at radius 3 is 2.83 bits per heavy atom. The average molecular weight is 172 g/mol. The number of aliphatic hydroxyl groups excluding tert-OH is 1. The maximum atomic E-state index is 11.1. The summed E-state index contributed by atoms with van der Waals surface area (Å²) in [6.45, 7) is 5.16. The highest BCUT2D eigenvalue weighted by Gasteiger charge is 2.30. The molecule has 1 saturated heterocycles. The van der Waals surface area contributed by atoms with Gasteiger partial charge in [-0.15, -0.1) is 0 Å². The van der Waals surface area contributed by atoms with Crippen molar-refractivity contribution in [2.45, 2.75) is 31.9 Å². The SMILES string of the molecule is CC(O)C(=O)NC1(C)CCNC1. The molecule has 4 heteroatoms. The Labute approximate surface area is 72.3 Å². The van der Waals surface area contributed by atoms with Crippen molar-refractivity contribution in [1.82, 2.24) is 10.6 Å². The number of carbonyl (C=O) groups excluding carboxylic acids is 1. The highest BCUT2D eigenvalue weighted by atomic mass is 16.3. The fraction of sp³-hybridized carbons (Fsp3) is 0.875. The summed E-state index contributed by atoms with van der Waals surface area (Å²) < 4.78 is 0. The number of hydrogen-bond donors (Lipinski definition) is 3. The van der Waals surface area contributed by atoms with Gasteiger partial charge in [0.25, 0.3) is 0 Å². The summed E-state index contributed by atoms with van der Waals surface area (Å²) >= 11 is 0. The first-order valence-corrected chi connectivity index (χ1v) is 4.24. The van der Waals surface area contributed by atoms with Crippen LogP contribution in [0.4, 0.5) is 0 Å². The van der Waals surface area contributed by atoms with Crippen LogP contribution in [0.2, 0.25) is 0 Å². The van der Waals surface area contributed by atoms with Crippen molar-refractivity contribution in [3.8, 4) is 0 Å². The van der Waals surface area contributed by atoms with E-state index in [4.69, 9.17) is 5.11 Å². The van der Waals surface area contributed by atoms with Crippen LogP contribution in [0.25, 0.3) is 0 Å². The topological polar surface area (TPSA) is 61.4 Å². The molecule has 0 aromatic rings. The van der Waals surface area contributed by atoms with E-state index in [2.05, 4.69) is 10.6 Å². The van der Waals surface area contributed by atoms with Crippen molar-refractivity contribution < 1.29 is 9.90 Å². The van der Waals surface area contributed by atoms with Gasteiger partial charge in [-0.2, -0.15) is 0 Å². The van der Waals surface area contributed by atoms with E-state index in [-0.39, 0.29) is 11.4 Å². The average Bonchev–Trinajstić information content (AvgIpc) is 2.35. The van der Waals surface area contributed by atoms with Crippen molar-refractivity contribution in [2.24, 2.45) is 0 Å². The summed E-state index contributed by atoms with van der Waals surface area (Å²) in [6.07, 6.45) is 0.00766. The van der Waals surface area contributed by atoms with Gasteiger partial charge in [-0.1, -0.05) is 0 Å². The minimum Gasteiger partial charge on any atom is -0.384 e. The number of carbonyl (C=O) groups is 1. The molecular formula is C8H16N2O2. The van der Waals surface area contributed by atoms with Crippen LogP contribution in [0.3, 0.4) is 0 Å². The molecule has 2 atom stereocenters. The zero-order valence-corrected chi connectivity index (χ0v) is 7.55. The van der Waals surface area contributed by atoms with E-state index in [0.717, 1.165) is 19.5 Å². The molecule has 4 nitrogen and oxygen atoms in total. The van der Waals surface area contributed by atoms with Crippen LogP contribution in [0.5, 0.6) is 0 Å². The first kappa shape index (κ1) is 9.48. The van der Waals surface area contributed by atoms with Gasteiger partial charge in [-0.05, 0) is 26.8 Å². The molecule has 0 radical (unpaired) electrons. The maximum absolute atomic E-state index is 11.1. The Morgan fingerprint density at radius 2 is 2.42 bits per heavy atom. The molecule has 0 bridgehead atoms. The Morgan fingerprint density at radius 1 is 1.75 bits per heavy atom. The van der Waals surface area contributed by atoms with Gasteiger partial charge in [0.2, 0.25) is 5.91 Å². The quantitative estimate of drug-likeness (QED) is 0.513. The summed E-state index contributed by atoms with van der Waals surface area (Å²) in [5.74, 6) is -0.291. The van der Waals surface area contributed by atoms with Gasteiger partial charge in [0.05, 0.1) is 5.54 Å². The standard InChI is InChI=1S/C8H16N2O2/c1-6(11)7(12)10-8(2)3-4-9-5-8/h6,9,11H,3-5H2,1-2H3,(H,10,12). The molecule has 1 rings (SSSR count). The highest BCUT2D eigenvalue weighted by molar-refractivity contribution is 5.80. The lowest BCUT2D eigenvalue weighted by Crippen LogP contribution is -2.50.